The van der Waals surface area contributed by atoms with Crippen LogP contribution in [0.2, 0.25) is 0 Å². The third-order valence-corrected chi connectivity index (χ3v) is 6.67. The standard InChI is InChI=1S/C24H25F3N4OS/c1-16-2-4-17(5-3-16)14-21-29-23(33-30-21)31-12-10-18(11-13-31)15-28-22(32)19-6-8-20(9-7-19)24(25,26)27/h2-9,18H,10-15H2,1H3,(H,28,32). The van der Waals surface area contributed by atoms with Crippen LogP contribution >= 0.6 is 11.5 Å². The summed E-state index contributed by atoms with van der Waals surface area (Å²) in [6.07, 6.45) is -1.89. The van der Waals surface area contributed by atoms with Gasteiger partial charge in [-0.15, -0.1) is 0 Å². The molecule has 0 atom stereocenters. The number of amides is 1. The number of hydrogen-bond acceptors (Lipinski definition) is 5. The van der Waals surface area contributed by atoms with Crippen LogP contribution in [-0.4, -0.2) is 34.9 Å². The fraction of sp³-hybridized carbons (Fsp3) is 0.375. The maximum absolute atomic E-state index is 12.7. The van der Waals surface area contributed by atoms with Crippen LogP contribution in [0.3, 0.4) is 0 Å². The number of alkyl halides is 3. The van der Waals surface area contributed by atoms with Crippen molar-refractivity contribution in [1.82, 2.24) is 14.7 Å². The van der Waals surface area contributed by atoms with Gasteiger partial charge in [0.2, 0.25) is 5.13 Å². The highest BCUT2D eigenvalue weighted by Gasteiger charge is 2.30. The minimum Gasteiger partial charge on any atom is -0.352 e. The predicted molar refractivity (Wildman–Crippen MR) is 123 cm³/mol. The molecule has 1 fully saturated rings. The van der Waals surface area contributed by atoms with E-state index in [0.29, 0.717) is 18.9 Å². The van der Waals surface area contributed by atoms with Gasteiger partial charge in [0, 0.05) is 43.2 Å². The third kappa shape index (κ3) is 6.10. The molecule has 0 unspecified atom stereocenters. The van der Waals surface area contributed by atoms with Gasteiger partial charge in [0.25, 0.3) is 5.91 Å². The van der Waals surface area contributed by atoms with Gasteiger partial charge in [-0.05, 0) is 55.5 Å². The Morgan fingerprint density at radius 1 is 1.09 bits per heavy atom. The van der Waals surface area contributed by atoms with Crippen LogP contribution in [0.4, 0.5) is 18.3 Å². The van der Waals surface area contributed by atoms with Gasteiger partial charge in [-0.25, -0.2) is 4.98 Å². The Labute approximate surface area is 194 Å². The summed E-state index contributed by atoms with van der Waals surface area (Å²) in [7, 11) is 0. The van der Waals surface area contributed by atoms with Crippen LogP contribution in [0, 0.1) is 12.8 Å². The van der Waals surface area contributed by atoms with Crippen molar-refractivity contribution in [2.24, 2.45) is 5.92 Å². The first-order valence-corrected chi connectivity index (χ1v) is 11.6. The largest absolute Gasteiger partial charge is 0.416 e. The number of halogens is 3. The lowest BCUT2D eigenvalue weighted by molar-refractivity contribution is -0.137. The van der Waals surface area contributed by atoms with E-state index < -0.39 is 11.7 Å². The van der Waals surface area contributed by atoms with Crippen LogP contribution in [0.1, 0.15) is 45.7 Å². The van der Waals surface area contributed by atoms with Crippen LogP contribution < -0.4 is 10.2 Å². The molecule has 0 radical (unpaired) electrons. The molecule has 0 aliphatic carbocycles. The molecule has 1 saturated heterocycles. The van der Waals surface area contributed by atoms with Gasteiger partial charge in [0.05, 0.1) is 5.56 Å². The molecule has 0 saturated carbocycles. The van der Waals surface area contributed by atoms with Crippen molar-refractivity contribution in [1.29, 1.82) is 0 Å². The van der Waals surface area contributed by atoms with E-state index in [9.17, 15) is 18.0 Å². The van der Waals surface area contributed by atoms with Gasteiger partial charge in [-0.2, -0.15) is 17.5 Å². The summed E-state index contributed by atoms with van der Waals surface area (Å²) < 4.78 is 42.5. The summed E-state index contributed by atoms with van der Waals surface area (Å²) in [4.78, 5) is 19.2. The monoisotopic (exact) mass is 474 g/mol. The van der Waals surface area contributed by atoms with Crippen molar-refractivity contribution in [2.75, 3.05) is 24.5 Å². The van der Waals surface area contributed by atoms with Crippen LogP contribution in [0.5, 0.6) is 0 Å². The summed E-state index contributed by atoms with van der Waals surface area (Å²) in [5.41, 5.74) is 1.89. The molecule has 1 aromatic heterocycles. The van der Waals surface area contributed by atoms with E-state index in [1.807, 2.05) is 0 Å². The number of carbonyl (C=O) groups excluding carboxylic acids is 1. The Bertz CT molecular complexity index is 1070. The average Bonchev–Trinajstić information content (AvgIpc) is 3.27. The normalized spacial score (nSPS) is 15.0. The van der Waals surface area contributed by atoms with Crippen molar-refractivity contribution < 1.29 is 18.0 Å². The van der Waals surface area contributed by atoms with Gasteiger partial charge < -0.3 is 10.2 Å². The minimum atomic E-state index is -4.41. The number of nitrogens with zero attached hydrogens (tertiary/aromatic N) is 3. The van der Waals surface area contributed by atoms with Gasteiger partial charge in [-0.3, -0.25) is 4.79 Å². The number of carbonyl (C=O) groups is 1. The van der Waals surface area contributed by atoms with E-state index >= 15 is 0 Å². The van der Waals surface area contributed by atoms with E-state index in [1.165, 1.54) is 34.8 Å². The SMILES string of the molecule is Cc1ccc(Cc2nsc(N3CCC(CNC(=O)c4ccc(C(F)(F)F)cc4)CC3)n2)cc1. The summed E-state index contributed by atoms with van der Waals surface area (Å²) >= 11 is 1.41. The first kappa shape index (κ1) is 23.2. The van der Waals surface area contributed by atoms with E-state index in [1.54, 1.807) is 0 Å². The fourth-order valence-electron chi connectivity index (χ4n) is 3.81. The maximum Gasteiger partial charge on any atom is 0.416 e. The highest BCUT2D eigenvalue weighted by Crippen LogP contribution is 2.29. The lowest BCUT2D eigenvalue weighted by Gasteiger charge is -2.31. The summed E-state index contributed by atoms with van der Waals surface area (Å²) in [5, 5.41) is 3.77. The zero-order valence-electron chi connectivity index (χ0n) is 18.2. The number of aryl methyl sites for hydroxylation is 1. The molecule has 174 valence electrons. The second-order valence-electron chi connectivity index (χ2n) is 8.37. The first-order chi connectivity index (χ1) is 15.8. The second kappa shape index (κ2) is 9.91. The van der Waals surface area contributed by atoms with Gasteiger partial charge >= 0.3 is 6.18 Å². The Hall–Kier alpha value is -2.94. The molecule has 2 heterocycles. The first-order valence-electron chi connectivity index (χ1n) is 10.9. The molecule has 1 N–H and O–H groups in total. The Kier molecular flexibility index (Phi) is 6.97. The van der Waals surface area contributed by atoms with Crippen LogP contribution in [0.15, 0.2) is 48.5 Å². The smallest absolute Gasteiger partial charge is 0.352 e. The third-order valence-electron chi connectivity index (χ3n) is 5.85. The number of piperidine rings is 1. The average molecular weight is 475 g/mol. The lowest BCUT2D eigenvalue weighted by Crippen LogP contribution is -2.38. The van der Waals surface area contributed by atoms with Crippen molar-refractivity contribution in [3.8, 4) is 0 Å². The van der Waals surface area contributed by atoms with Gasteiger partial charge in [0.15, 0.2) is 0 Å². The molecule has 2 aromatic carbocycles. The number of nitrogens with one attached hydrogen (secondary N) is 1. The number of rotatable bonds is 6. The number of anilines is 1. The van der Waals surface area contributed by atoms with E-state index in [0.717, 1.165) is 49.0 Å². The zero-order valence-corrected chi connectivity index (χ0v) is 19.0. The zero-order chi connectivity index (χ0) is 23.4. The molecular formula is C24H25F3N4OS. The minimum absolute atomic E-state index is 0.232. The fourth-order valence-corrected chi connectivity index (χ4v) is 4.55. The van der Waals surface area contributed by atoms with Crippen LogP contribution in [0.25, 0.3) is 0 Å². The predicted octanol–water partition coefficient (Wildman–Crippen LogP) is 5.10. The highest BCUT2D eigenvalue weighted by molar-refractivity contribution is 7.09. The second-order valence-corrected chi connectivity index (χ2v) is 9.10. The van der Waals surface area contributed by atoms with E-state index in [4.69, 9.17) is 4.98 Å². The number of hydrogen-bond donors (Lipinski definition) is 1. The molecule has 5 nitrogen and oxygen atoms in total. The summed E-state index contributed by atoms with van der Waals surface area (Å²) in [6, 6.07) is 12.7. The number of benzene rings is 2. The molecule has 0 bridgehead atoms. The Morgan fingerprint density at radius 2 is 1.76 bits per heavy atom. The number of aromatic nitrogens is 2. The molecule has 33 heavy (non-hydrogen) atoms. The molecular weight excluding hydrogens is 449 g/mol. The Balaban J connectivity index is 1.23. The molecule has 0 spiro atoms. The molecule has 1 aliphatic heterocycles. The molecule has 4 rings (SSSR count). The topological polar surface area (TPSA) is 58.1 Å². The summed E-state index contributed by atoms with van der Waals surface area (Å²) in [5.74, 6) is 0.792. The van der Waals surface area contributed by atoms with Crippen molar-refractivity contribution in [2.45, 2.75) is 32.4 Å². The van der Waals surface area contributed by atoms with E-state index in [-0.39, 0.29) is 11.5 Å². The quantitative estimate of drug-likeness (QED) is 0.540. The van der Waals surface area contributed by atoms with E-state index in [2.05, 4.69) is 45.8 Å². The van der Waals surface area contributed by atoms with Crippen molar-refractivity contribution >= 4 is 22.6 Å². The Morgan fingerprint density at radius 3 is 2.39 bits per heavy atom. The maximum atomic E-state index is 12.7. The molecule has 1 aliphatic rings. The lowest BCUT2D eigenvalue weighted by atomic mass is 9.97. The molecule has 3 aromatic rings. The molecule has 9 heteroatoms. The van der Waals surface area contributed by atoms with Gasteiger partial charge in [-0.1, -0.05) is 29.8 Å². The molecule has 1 amide bonds. The van der Waals surface area contributed by atoms with Crippen molar-refractivity contribution in [3.63, 3.8) is 0 Å². The van der Waals surface area contributed by atoms with Gasteiger partial charge in [0.1, 0.15) is 5.82 Å². The van der Waals surface area contributed by atoms with Crippen LogP contribution in [-0.2, 0) is 12.6 Å². The highest BCUT2D eigenvalue weighted by atomic mass is 32.1. The summed E-state index contributed by atoms with van der Waals surface area (Å²) in [6.45, 7) is 4.23. The van der Waals surface area contributed by atoms with Crippen molar-refractivity contribution in [3.05, 3.63) is 76.6 Å².